The molecule has 1 aliphatic carbocycles. The van der Waals surface area contributed by atoms with Gasteiger partial charge < -0.3 is 18.4 Å². The Kier molecular flexibility index (Phi) is 5.62. The van der Waals surface area contributed by atoms with E-state index in [9.17, 15) is 9.59 Å². The lowest BCUT2D eigenvalue weighted by Gasteiger charge is -2.50. The van der Waals surface area contributed by atoms with Crippen LogP contribution in [0, 0.1) is 0 Å². The zero-order chi connectivity index (χ0) is 17.3. The van der Waals surface area contributed by atoms with Crippen LogP contribution in [0.3, 0.4) is 0 Å². The molecule has 0 N–H and O–H groups in total. The Balaban J connectivity index is 3.22. The summed E-state index contributed by atoms with van der Waals surface area (Å²) in [5.74, 6) is -0.570. The van der Waals surface area contributed by atoms with Gasteiger partial charge in [-0.15, -0.1) is 0 Å². The van der Waals surface area contributed by atoms with E-state index < -0.39 is 0 Å². The van der Waals surface area contributed by atoms with Crippen molar-refractivity contribution >= 4 is 11.9 Å². The van der Waals surface area contributed by atoms with E-state index in [4.69, 9.17) is 9.47 Å². The van der Waals surface area contributed by atoms with Crippen molar-refractivity contribution in [3.63, 3.8) is 0 Å². The topological polar surface area (TPSA) is 52.6 Å². The Morgan fingerprint density at radius 3 is 1.68 bits per heavy atom. The summed E-state index contributed by atoms with van der Waals surface area (Å²) in [4.78, 5) is 23.1. The number of nitrogens with zero attached hydrogens (tertiary/aromatic N) is 2. The molecule has 6 heteroatoms. The second-order valence-corrected chi connectivity index (χ2v) is 8.09. The average Bonchev–Trinajstić information content (AvgIpc) is 2.23. The summed E-state index contributed by atoms with van der Waals surface area (Å²) in [5.41, 5.74) is 0. The number of carbonyl (C=O) groups excluding carboxylic acids is 2. The molecule has 0 spiro atoms. The first-order valence-corrected chi connectivity index (χ1v) is 7.80. The SMILES string of the molecule is CC(=O)O[C@@H]1[C@H]([N+](C)(C)C)[C@H](OC(C)=O)CC[C@H]1[N+](C)(C)C. The van der Waals surface area contributed by atoms with Crippen molar-refractivity contribution in [1.82, 2.24) is 0 Å². The van der Waals surface area contributed by atoms with Crippen LogP contribution in [0.25, 0.3) is 0 Å². The molecule has 6 nitrogen and oxygen atoms in total. The molecule has 1 rings (SSSR count). The fourth-order valence-electron chi connectivity index (χ4n) is 3.56. The molecule has 0 unspecified atom stereocenters. The van der Waals surface area contributed by atoms with Crippen LogP contribution in [0.2, 0.25) is 0 Å². The first kappa shape index (κ1) is 18.9. The molecule has 0 aromatic heterocycles. The van der Waals surface area contributed by atoms with E-state index in [2.05, 4.69) is 42.3 Å². The molecule has 0 radical (unpaired) electrons. The molecule has 128 valence electrons. The summed E-state index contributed by atoms with van der Waals surface area (Å²) < 4.78 is 12.6. The smallest absolute Gasteiger partial charge is 0.303 e. The standard InChI is InChI=1S/C16H32N2O4/c1-11(19)21-14-10-9-13(17(3,4)5)16(22-12(2)20)15(14)18(6,7)8/h13-16H,9-10H2,1-8H3/q+2/t13-,14-,15-,16+/m1/s1. The number of ether oxygens (including phenoxy) is 2. The highest BCUT2D eigenvalue weighted by atomic mass is 16.6. The molecule has 0 heterocycles. The number of hydrogen-bond donors (Lipinski definition) is 0. The predicted octanol–water partition coefficient (Wildman–Crippen LogP) is 0.793. The maximum Gasteiger partial charge on any atom is 0.303 e. The first-order valence-electron chi connectivity index (χ1n) is 7.80. The number of quaternary nitrogens is 2. The summed E-state index contributed by atoms with van der Waals surface area (Å²) in [6.45, 7) is 2.87. The third kappa shape index (κ3) is 4.68. The third-order valence-corrected chi connectivity index (χ3v) is 4.35. The van der Waals surface area contributed by atoms with E-state index in [0.29, 0.717) is 8.97 Å². The van der Waals surface area contributed by atoms with Gasteiger partial charge in [-0.2, -0.15) is 0 Å². The van der Waals surface area contributed by atoms with Crippen molar-refractivity contribution in [2.75, 3.05) is 42.3 Å². The molecule has 4 atom stereocenters. The van der Waals surface area contributed by atoms with Gasteiger partial charge in [0.25, 0.3) is 0 Å². The maximum absolute atomic E-state index is 11.6. The number of likely N-dealkylation sites (N-methyl/N-ethyl adjacent to an activating group) is 2. The highest BCUT2D eigenvalue weighted by molar-refractivity contribution is 5.67. The fraction of sp³-hybridized carbons (Fsp3) is 0.875. The largest absolute Gasteiger partial charge is 0.456 e. The minimum Gasteiger partial charge on any atom is -0.456 e. The van der Waals surface area contributed by atoms with E-state index in [-0.39, 0.29) is 36.2 Å². The second kappa shape index (κ2) is 6.54. The maximum atomic E-state index is 11.6. The van der Waals surface area contributed by atoms with Crippen molar-refractivity contribution in [2.45, 2.75) is 51.0 Å². The molecular weight excluding hydrogens is 284 g/mol. The van der Waals surface area contributed by atoms with Crippen LogP contribution in [-0.4, -0.2) is 87.5 Å². The summed E-state index contributed by atoms with van der Waals surface area (Å²) in [7, 11) is 12.5. The molecule has 1 fully saturated rings. The molecule has 0 saturated heterocycles. The van der Waals surface area contributed by atoms with Gasteiger partial charge in [0.05, 0.1) is 42.3 Å². The van der Waals surface area contributed by atoms with E-state index in [0.717, 1.165) is 12.8 Å². The van der Waals surface area contributed by atoms with Crippen molar-refractivity contribution in [1.29, 1.82) is 0 Å². The van der Waals surface area contributed by atoms with Gasteiger partial charge in [0.15, 0.2) is 12.1 Å². The van der Waals surface area contributed by atoms with E-state index in [1.165, 1.54) is 13.8 Å². The summed E-state index contributed by atoms with van der Waals surface area (Å²) in [6, 6.07) is 0.0990. The minimum absolute atomic E-state index is 0.0797. The number of carbonyl (C=O) groups is 2. The van der Waals surface area contributed by atoms with Crippen LogP contribution in [-0.2, 0) is 19.1 Å². The molecule has 0 aliphatic heterocycles. The summed E-state index contributed by atoms with van der Waals surface area (Å²) in [6.07, 6.45) is 1.13. The lowest BCUT2D eigenvalue weighted by molar-refractivity contribution is -0.931. The zero-order valence-electron chi connectivity index (χ0n) is 15.3. The number of rotatable bonds is 4. The average molecular weight is 316 g/mol. The summed E-state index contributed by atoms with van der Waals surface area (Å²) in [5, 5.41) is 0. The Labute approximate surface area is 134 Å². The van der Waals surface area contributed by atoms with Gasteiger partial charge in [0.2, 0.25) is 6.10 Å². The van der Waals surface area contributed by atoms with Gasteiger partial charge in [-0.05, 0) is 6.42 Å². The quantitative estimate of drug-likeness (QED) is 0.568. The number of esters is 2. The molecule has 22 heavy (non-hydrogen) atoms. The van der Waals surface area contributed by atoms with Crippen molar-refractivity contribution in [3.05, 3.63) is 0 Å². The van der Waals surface area contributed by atoms with Gasteiger partial charge in [-0.1, -0.05) is 0 Å². The molecule has 0 aromatic rings. The van der Waals surface area contributed by atoms with Crippen molar-refractivity contribution in [2.24, 2.45) is 0 Å². The normalized spacial score (nSPS) is 29.8. The van der Waals surface area contributed by atoms with Gasteiger partial charge in [0, 0.05) is 20.3 Å². The van der Waals surface area contributed by atoms with Crippen LogP contribution in [0.4, 0.5) is 0 Å². The van der Waals surface area contributed by atoms with Crippen LogP contribution >= 0.6 is 0 Å². The van der Waals surface area contributed by atoms with Crippen LogP contribution in [0.15, 0.2) is 0 Å². The third-order valence-electron chi connectivity index (χ3n) is 4.35. The Morgan fingerprint density at radius 2 is 1.32 bits per heavy atom. The monoisotopic (exact) mass is 316 g/mol. The van der Waals surface area contributed by atoms with Gasteiger partial charge in [-0.25, -0.2) is 0 Å². The molecule has 0 amide bonds. The minimum atomic E-state index is -0.287. The van der Waals surface area contributed by atoms with Crippen LogP contribution in [0.1, 0.15) is 26.7 Å². The van der Waals surface area contributed by atoms with Crippen LogP contribution in [0.5, 0.6) is 0 Å². The number of hydrogen-bond acceptors (Lipinski definition) is 4. The highest BCUT2D eigenvalue weighted by Crippen LogP contribution is 2.34. The lowest BCUT2D eigenvalue weighted by Crippen LogP contribution is -2.69. The van der Waals surface area contributed by atoms with Gasteiger partial charge in [-0.3, -0.25) is 9.59 Å². The van der Waals surface area contributed by atoms with Gasteiger partial charge >= 0.3 is 11.9 Å². The summed E-state index contributed by atoms with van der Waals surface area (Å²) >= 11 is 0. The van der Waals surface area contributed by atoms with Crippen molar-refractivity contribution < 1.29 is 28.0 Å². The molecule has 1 aliphatic rings. The molecule has 1 saturated carbocycles. The first-order chi connectivity index (χ1) is 9.84. The lowest BCUT2D eigenvalue weighted by atomic mass is 9.82. The molecular formula is C16H32N2O4+2. The second-order valence-electron chi connectivity index (χ2n) is 8.09. The Hall–Kier alpha value is -1.14. The molecule has 0 aromatic carbocycles. The van der Waals surface area contributed by atoms with Crippen LogP contribution < -0.4 is 0 Å². The van der Waals surface area contributed by atoms with Crippen molar-refractivity contribution in [3.8, 4) is 0 Å². The fourth-order valence-corrected chi connectivity index (χ4v) is 3.56. The zero-order valence-corrected chi connectivity index (χ0v) is 15.3. The predicted molar refractivity (Wildman–Crippen MR) is 84.0 cm³/mol. The van der Waals surface area contributed by atoms with E-state index in [1.807, 2.05) is 0 Å². The molecule has 0 bridgehead atoms. The van der Waals surface area contributed by atoms with E-state index >= 15 is 0 Å². The Bertz CT molecular complexity index is 423. The van der Waals surface area contributed by atoms with Gasteiger partial charge in [0.1, 0.15) is 6.04 Å². The Morgan fingerprint density at radius 1 is 0.818 bits per heavy atom. The van der Waals surface area contributed by atoms with E-state index in [1.54, 1.807) is 0 Å². The highest BCUT2D eigenvalue weighted by Gasteiger charge is 2.54.